The average Bonchev–Trinajstić information content (AvgIpc) is 2.84. The van der Waals surface area contributed by atoms with Gasteiger partial charge in [0.15, 0.2) is 5.82 Å². The zero-order valence-electron chi connectivity index (χ0n) is 18.9. The summed E-state index contributed by atoms with van der Waals surface area (Å²) in [5.41, 5.74) is 4.04. The van der Waals surface area contributed by atoms with Crippen LogP contribution in [0.1, 0.15) is 29.3 Å². The normalized spacial score (nSPS) is 15.4. The summed E-state index contributed by atoms with van der Waals surface area (Å²) in [4.78, 5) is 26.2. The summed E-state index contributed by atoms with van der Waals surface area (Å²) in [5.74, 6) is 0.501. The molecule has 1 atom stereocenters. The van der Waals surface area contributed by atoms with Crippen molar-refractivity contribution in [1.29, 1.82) is 0 Å². The van der Waals surface area contributed by atoms with Crippen LogP contribution in [0.5, 0.6) is 0 Å². The monoisotopic (exact) mass is 429 g/mol. The number of carbonyl (C=O) groups excluding carboxylic acids is 1. The summed E-state index contributed by atoms with van der Waals surface area (Å²) in [7, 11) is 0. The van der Waals surface area contributed by atoms with E-state index in [0.717, 1.165) is 44.7 Å². The molecule has 1 aliphatic heterocycles. The minimum atomic E-state index is -0.124. The summed E-state index contributed by atoms with van der Waals surface area (Å²) in [5, 5.41) is 3.08. The third-order valence-corrected chi connectivity index (χ3v) is 5.94. The number of anilines is 1. The Hall–Kier alpha value is -3.25. The van der Waals surface area contributed by atoms with Crippen LogP contribution in [0, 0.1) is 6.92 Å². The predicted molar refractivity (Wildman–Crippen MR) is 129 cm³/mol. The van der Waals surface area contributed by atoms with Crippen LogP contribution in [0.25, 0.3) is 11.4 Å². The molecule has 0 spiro atoms. The quantitative estimate of drug-likeness (QED) is 0.619. The minimum absolute atomic E-state index is 0.0890. The van der Waals surface area contributed by atoms with Gasteiger partial charge in [-0.05, 0) is 38.0 Å². The summed E-state index contributed by atoms with van der Waals surface area (Å²) >= 11 is 0. The highest BCUT2D eigenvalue weighted by molar-refractivity contribution is 5.93. The molecule has 166 valence electrons. The van der Waals surface area contributed by atoms with E-state index >= 15 is 0 Å². The van der Waals surface area contributed by atoms with Crippen molar-refractivity contribution < 1.29 is 4.79 Å². The molecule has 0 bridgehead atoms. The number of nitrogens with one attached hydrogen (secondary N) is 1. The molecule has 2 aromatic carbocycles. The lowest BCUT2D eigenvalue weighted by Gasteiger charge is -2.36. The second-order valence-corrected chi connectivity index (χ2v) is 8.49. The molecule has 1 N–H and O–H groups in total. The molecule has 0 aliphatic carbocycles. The maximum Gasteiger partial charge on any atom is 0.254 e. The van der Waals surface area contributed by atoms with E-state index in [1.54, 1.807) is 12.4 Å². The Morgan fingerprint density at radius 1 is 1.00 bits per heavy atom. The summed E-state index contributed by atoms with van der Waals surface area (Å²) < 4.78 is 0. The second kappa shape index (κ2) is 10.4. The first kappa shape index (κ1) is 22.0. The van der Waals surface area contributed by atoms with Crippen LogP contribution in [0.4, 0.5) is 5.69 Å². The van der Waals surface area contributed by atoms with Crippen LogP contribution >= 0.6 is 0 Å². The molecular weight excluding hydrogens is 398 g/mol. The Balaban J connectivity index is 1.21. The van der Waals surface area contributed by atoms with Gasteiger partial charge in [0.1, 0.15) is 0 Å². The third kappa shape index (κ3) is 5.71. The number of nitrogens with zero attached hydrogens (tertiary/aromatic N) is 4. The Bertz CT molecular complexity index is 1010. The molecule has 1 unspecified atom stereocenters. The molecule has 1 aromatic heterocycles. The van der Waals surface area contributed by atoms with Crippen molar-refractivity contribution in [2.24, 2.45) is 0 Å². The predicted octanol–water partition coefficient (Wildman–Crippen LogP) is 3.78. The highest BCUT2D eigenvalue weighted by atomic mass is 16.1. The van der Waals surface area contributed by atoms with Gasteiger partial charge in [-0.25, -0.2) is 9.97 Å². The molecule has 3 aromatic rings. The largest absolute Gasteiger partial charge is 0.369 e. The number of rotatable bonds is 7. The fourth-order valence-electron chi connectivity index (χ4n) is 3.99. The minimum Gasteiger partial charge on any atom is -0.369 e. The lowest BCUT2D eigenvalue weighted by atomic mass is 10.1. The molecule has 4 rings (SSSR count). The first-order chi connectivity index (χ1) is 15.6. The van der Waals surface area contributed by atoms with Gasteiger partial charge in [-0.3, -0.25) is 9.69 Å². The van der Waals surface area contributed by atoms with Crippen molar-refractivity contribution in [3.05, 3.63) is 78.1 Å². The van der Waals surface area contributed by atoms with Gasteiger partial charge in [-0.1, -0.05) is 42.5 Å². The van der Waals surface area contributed by atoms with Crippen molar-refractivity contribution in [2.45, 2.75) is 26.3 Å². The van der Waals surface area contributed by atoms with E-state index in [1.807, 2.05) is 30.3 Å². The van der Waals surface area contributed by atoms with Gasteiger partial charge in [0.05, 0.1) is 5.56 Å². The molecule has 1 fully saturated rings. The van der Waals surface area contributed by atoms with Crippen LogP contribution < -0.4 is 10.2 Å². The number of piperazine rings is 1. The number of hydrogen-bond acceptors (Lipinski definition) is 5. The molecule has 0 saturated carbocycles. The van der Waals surface area contributed by atoms with Gasteiger partial charge < -0.3 is 10.2 Å². The van der Waals surface area contributed by atoms with Crippen molar-refractivity contribution in [2.75, 3.05) is 37.6 Å². The van der Waals surface area contributed by atoms with E-state index in [1.165, 1.54) is 11.3 Å². The Morgan fingerprint density at radius 3 is 2.41 bits per heavy atom. The number of carbonyl (C=O) groups is 1. The first-order valence-corrected chi connectivity index (χ1v) is 11.3. The number of benzene rings is 2. The molecule has 1 aliphatic rings. The molecular formula is C26H31N5O. The smallest absolute Gasteiger partial charge is 0.254 e. The summed E-state index contributed by atoms with van der Waals surface area (Å²) in [6.45, 7) is 9.34. The molecule has 6 heteroatoms. The molecule has 1 amide bonds. The number of aryl methyl sites for hydroxylation is 1. The lowest BCUT2D eigenvalue weighted by molar-refractivity contribution is 0.0934. The van der Waals surface area contributed by atoms with Crippen LogP contribution in [-0.2, 0) is 0 Å². The fraction of sp³-hybridized carbons (Fsp3) is 0.346. The van der Waals surface area contributed by atoms with E-state index < -0.39 is 0 Å². The van der Waals surface area contributed by atoms with E-state index in [4.69, 9.17) is 0 Å². The molecule has 32 heavy (non-hydrogen) atoms. The average molecular weight is 430 g/mol. The van der Waals surface area contributed by atoms with E-state index in [0.29, 0.717) is 11.4 Å². The van der Waals surface area contributed by atoms with Gasteiger partial charge >= 0.3 is 0 Å². The highest BCUT2D eigenvalue weighted by Crippen LogP contribution is 2.18. The van der Waals surface area contributed by atoms with Gasteiger partial charge in [0.25, 0.3) is 5.91 Å². The Morgan fingerprint density at radius 2 is 1.72 bits per heavy atom. The Labute approximate surface area is 190 Å². The first-order valence-electron chi connectivity index (χ1n) is 11.3. The molecule has 0 radical (unpaired) electrons. The number of hydrogen-bond donors (Lipinski definition) is 1. The van der Waals surface area contributed by atoms with Gasteiger partial charge in [0, 0.05) is 62.4 Å². The van der Waals surface area contributed by atoms with E-state index in [9.17, 15) is 4.79 Å². The molecule has 2 heterocycles. The maximum atomic E-state index is 12.6. The van der Waals surface area contributed by atoms with Crippen molar-refractivity contribution in [1.82, 2.24) is 20.2 Å². The molecule has 1 saturated heterocycles. The second-order valence-electron chi connectivity index (χ2n) is 8.49. The standard InChI is InChI=1S/C26H31N5O/c1-20-7-6-10-24(17-20)31-15-13-30(14-16-31)12-11-21(2)29-26(32)23-18-27-25(28-19-23)22-8-4-3-5-9-22/h3-10,17-19,21H,11-16H2,1-2H3,(H,29,32). The van der Waals surface area contributed by atoms with Crippen LogP contribution in [-0.4, -0.2) is 59.5 Å². The topological polar surface area (TPSA) is 61.4 Å². The Kier molecular flexibility index (Phi) is 7.12. The number of amides is 1. The fourth-order valence-corrected chi connectivity index (χ4v) is 3.99. The lowest BCUT2D eigenvalue weighted by Crippen LogP contribution is -2.47. The van der Waals surface area contributed by atoms with Crippen LogP contribution in [0.2, 0.25) is 0 Å². The van der Waals surface area contributed by atoms with Crippen molar-refractivity contribution in [3.8, 4) is 11.4 Å². The van der Waals surface area contributed by atoms with E-state index in [2.05, 4.69) is 63.2 Å². The van der Waals surface area contributed by atoms with Gasteiger partial charge in [0.2, 0.25) is 0 Å². The maximum absolute atomic E-state index is 12.6. The third-order valence-electron chi connectivity index (χ3n) is 5.94. The van der Waals surface area contributed by atoms with Crippen molar-refractivity contribution >= 4 is 11.6 Å². The SMILES string of the molecule is Cc1cccc(N2CCN(CCC(C)NC(=O)c3cnc(-c4ccccc4)nc3)CC2)c1. The number of aromatic nitrogens is 2. The zero-order chi connectivity index (χ0) is 22.3. The van der Waals surface area contributed by atoms with E-state index in [-0.39, 0.29) is 11.9 Å². The van der Waals surface area contributed by atoms with Crippen LogP contribution in [0.3, 0.4) is 0 Å². The van der Waals surface area contributed by atoms with Gasteiger partial charge in [-0.2, -0.15) is 0 Å². The van der Waals surface area contributed by atoms with Crippen molar-refractivity contribution in [3.63, 3.8) is 0 Å². The zero-order valence-corrected chi connectivity index (χ0v) is 18.9. The summed E-state index contributed by atoms with van der Waals surface area (Å²) in [6, 6.07) is 18.6. The van der Waals surface area contributed by atoms with Gasteiger partial charge in [-0.15, -0.1) is 0 Å². The summed E-state index contributed by atoms with van der Waals surface area (Å²) in [6.07, 6.45) is 4.11. The highest BCUT2D eigenvalue weighted by Gasteiger charge is 2.18. The van der Waals surface area contributed by atoms with Crippen LogP contribution in [0.15, 0.2) is 67.0 Å². The molecule has 6 nitrogen and oxygen atoms in total.